The van der Waals surface area contributed by atoms with Crippen molar-refractivity contribution in [2.24, 2.45) is 5.92 Å². The van der Waals surface area contributed by atoms with Gasteiger partial charge < -0.3 is 9.80 Å². The van der Waals surface area contributed by atoms with Crippen molar-refractivity contribution in [1.29, 1.82) is 0 Å². The number of piperazine rings is 1. The summed E-state index contributed by atoms with van der Waals surface area (Å²) in [5.41, 5.74) is 0.143. The summed E-state index contributed by atoms with van der Waals surface area (Å²) < 4.78 is 26.7. The molecular formula is C19H30N4O5S. The molecule has 1 aliphatic rings. The average molecular weight is 427 g/mol. The van der Waals surface area contributed by atoms with Crippen LogP contribution in [0.3, 0.4) is 0 Å². The van der Waals surface area contributed by atoms with Gasteiger partial charge in [0.1, 0.15) is 5.69 Å². The van der Waals surface area contributed by atoms with Crippen molar-refractivity contribution in [1.82, 2.24) is 9.21 Å². The molecule has 1 fully saturated rings. The van der Waals surface area contributed by atoms with Crippen LogP contribution >= 0.6 is 0 Å². The Morgan fingerprint density at radius 3 is 2.24 bits per heavy atom. The molecule has 1 aromatic carbocycles. The molecule has 0 saturated carbocycles. The molecule has 1 aromatic rings. The van der Waals surface area contributed by atoms with E-state index in [-0.39, 0.29) is 22.4 Å². The van der Waals surface area contributed by atoms with Crippen LogP contribution in [-0.4, -0.2) is 67.7 Å². The first-order chi connectivity index (χ1) is 13.7. The summed E-state index contributed by atoms with van der Waals surface area (Å²) in [5, 5.41) is 11.7. The van der Waals surface area contributed by atoms with Crippen LogP contribution in [0.15, 0.2) is 23.1 Å². The Bertz CT molecular complexity index is 846. The Morgan fingerprint density at radius 1 is 1.17 bits per heavy atom. The first kappa shape index (κ1) is 23.1. The molecule has 9 nitrogen and oxygen atoms in total. The van der Waals surface area contributed by atoms with Crippen LogP contribution in [0.5, 0.6) is 0 Å². The second-order valence-corrected chi connectivity index (χ2v) is 9.06. The number of sulfonamides is 1. The number of benzene rings is 1. The zero-order valence-corrected chi connectivity index (χ0v) is 18.3. The molecule has 29 heavy (non-hydrogen) atoms. The number of hydrogen-bond donors (Lipinski definition) is 0. The van der Waals surface area contributed by atoms with Gasteiger partial charge in [-0.25, -0.2) is 8.42 Å². The molecule has 0 N–H and O–H groups in total. The minimum Gasteiger partial charge on any atom is -0.362 e. The molecule has 0 spiro atoms. The van der Waals surface area contributed by atoms with Gasteiger partial charge in [-0.1, -0.05) is 27.7 Å². The summed E-state index contributed by atoms with van der Waals surface area (Å²) in [5.74, 6) is 0.0581. The second-order valence-electron chi connectivity index (χ2n) is 7.12. The Kier molecular flexibility index (Phi) is 7.59. The van der Waals surface area contributed by atoms with Crippen LogP contribution in [0.25, 0.3) is 0 Å². The van der Waals surface area contributed by atoms with E-state index in [1.807, 2.05) is 18.7 Å². The van der Waals surface area contributed by atoms with E-state index in [0.29, 0.717) is 45.0 Å². The highest BCUT2D eigenvalue weighted by molar-refractivity contribution is 7.89. The standard InChI is InChI=1S/C19H30N4O5S/c1-5-15(4)19(24)21-12-10-20(11-13-21)17-9-8-16(14-18(17)23(25)26)29(27,28)22(6-2)7-3/h8-9,14-15H,5-7,10-13H2,1-4H3. The molecule has 1 atom stereocenters. The minimum absolute atomic E-state index is 0.0412. The maximum absolute atomic E-state index is 12.7. The van der Waals surface area contributed by atoms with E-state index in [0.717, 1.165) is 12.5 Å². The first-order valence-electron chi connectivity index (χ1n) is 9.99. The summed E-state index contributed by atoms with van der Waals surface area (Å²) in [6.07, 6.45) is 0.771. The minimum atomic E-state index is -3.78. The van der Waals surface area contributed by atoms with E-state index in [2.05, 4.69) is 0 Å². The van der Waals surface area contributed by atoms with Crippen LogP contribution in [0.4, 0.5) is 11.4 Å². The quantitative estimate of drug-likeness (QED) is 0.467. The van der Waals surface area contributed by atoms with Crippen molar-refractivity contribution < 1.29 is 18.1 Å². The predicted octanol–water partition coefficient (Wildman–Crippen LogP) is 2.32. The number of nitro benzene ring substituents is 1. The van der Waals surface area contributed by atoms with Gasteiger partial charge in [-0.15, -0.1) is 0 Å². The Labute approximate surface area is 172 Å². The van der Waals surface area contributed by atoms with Crippen molar-refractivity contribution >= 4 is 27.3 Å². The highest BCUT2D eigenvalue weighted by atomic mass is 32.2. The zero-order chi connectivity index (χ0) is 21.8. The number of carbonyl (C=O) groups is 1. The van der Waals surface area contributed by atoms with E-state index in [9.17, 15) is 23.3 Å². The van der Waals surface area contributed by atoms with Gasteiger partial charge in [0, 0.05) is 51.3 Å². The smallest absolute Gasteiger partial charge is 0.293 e. The van der Waals surface area contributed by atoms with Gasteiger partial charge in [0.15, 0.2) is 0 Å². The lowest BCUT2D eigenvalue weighted by molar-refractivity contribution is -0.384. The fourth-order valence-electron chi connectivity index (χ4n) is 3.44. The van der Waals surface area contributed by atoms with Gasteiger partial charge >= 0.3 is 0 Å². The van der Waals surface area contributed by atoms with Gasteiger partial charge in [-0.2, -0.15) is 4.31 Å². The molecule has 0 aliphatic carbocycles. The molecule has 0 bridgehead atoms. The Balaban J connectivity index is 2.27. The van der Waals surface area contributed by atoms with Crippen LogP contribution < -0.4 is 4.90 Å². The van der Waals surface area contributed by atoms with Crippen LogP contribution in [-0.2, 0) is 14.8 Å². The molecule has 10 heteroatoms. The summed E-state index contributed by atoms with van der Waals surface area (Å²) in [6.45, 7) is 9.80. The first-order valence-corrected chi connectivity index (χ1v) is 11.4. The van der Waals surface area contributed by atoms with Crippen molar-refractivity contribution in [2.45, 2.75) is 39.0 Å². The van der Waals surface area contributed by atoms with E-state index >= 15 is 0 Å². The third-order valence-electron chi connectivity index (χ3n) is 5.45. The molecule has 2 rings (SSSR count). The fourth-order valence-corrected chi connectivity index (χ4v) is 4.92. The maximum atomic E-state index is 12.7. The molecule has 162 valence electrons. The van der Waals surface area contributed by atoms with Gasteiger partial charge in [0.2, 0.25) is 15.9 Å². The summed E-state index contributed by atoms with van der Waals surface area (Å²) in [7, 11) is -3.78. The Hall–Kier alpha value is -2.20. The van der Waals surface area contributed by atoms with Crippen molar-refractivity contribution in [2.75, 3.05) is 44.2 Å². The molecule has 1 amide bonds. The number of hydrogen-bond acceptors (Lipinski definition) is 6. The largest absolute Gasteiger partial charge is 0.362 e. The Morgan fingerprint density at radius 2 is 1.76 bits per heavy atom. The summed E-state index contributed by atoms with van der Waals surface area (Å²) >= 11 is 0. The van der Waals surface area contributed by atoms with Crippen LogP contribution in [0, 0.1) is 16.0 Å². The zero-order valence-electron chi connectivity index (χ0n) is 17.5. The molecule has 1 heterocycles. The number of rotatable bonds is 8. The summed E-state index contributed by atoms with van der Waals surface area (Å²) in [6, 6.07) is 4.06. The molecule has 0 aromatic heterocycles. The third-order valence-corrected chi connectivity index (χ3v) is 7.50. The number of carbonyl (C=O) groups excluding carboxylic acids is 1. The van der Waals surface area contributed by atoms with Crippen molar-refractivity contribution in [3.63, 3.8) is 0 Å². The van der Waals surface area contributed by atoms with Gasteiger partial charge in [-0.3, -0.25) is 14.9 Å². The lowest BCUT2D eigenvalue weighted by atomic mass is 10.1. The highest BCUT2D eigenvalue weighted by Gasteiger charge is 2.30. The lowest BCUT2D eigenvalue weighted by Gasteiger charge is -2.37. The highest BCUT2D eigenvalue weighted by Crippen LogP contribution is 2.32. The maximum Gasteiger partial charge on any atom is 0.293 e. The van der Waals surface area contributed by atoms with Crippen molar-refractivity contribution in [3.05, 3.63) is 28.3 Å². The average Bonchev–Trinajstić information content (AvgIpc) is 2.72. The van der Waals surface area contributed by atoms with E-state index in [1.165, 1.54) is 16.4 Å². The molecular weight excluding hydrogens is 396 g/mol. The van der Waals surface area contributed by atoms with Crippen LogP contribution in [0.1, 0.15) is 34.1 Å². The van der Waals surface area contributed by atoms with Crippen molar-refractivity contribution in [3.8, 4) is 0 Å². The van der Waals surface area contributed by atoms with Gasteiger partial charge in [0.05, 0.1) is 9.82 Å². The van der Waals surface area contributed by atoms with Crippen LogP contribution in [0.2, 0.25) is 0 Å². The molecule has 1 saturated heterocycles. The van der Waals surface area contributed by atoms with E-state index in [1.54, 1.807) is 18.7 Å². The van der Waals surface area contributed by atoms with E-state index in [4.69, 9.17) is 0 Å². The molecule has 0 radical (unpaired) electrons. The van der Waals surface area contributed by atoms with Gasteiger partial charge in [-0.05, 0) is 18.6 Å². The summed E-state index contributed by atoms with van der Waals surface area (Å²) in [4.78, 5) is 27.0. The van der Waals surface area contributed by atoms with E-state index < -0.39 is 14.9 Å². The normalized spacial score (nSPS) is 16.2. The van der Waals surface area contributed by atoms with Gasteiger partial charge in [0.25, 0.3) is 5.69 Å². The monoisotopic (exact) mass is 426 g/mol. The SMILES string of the molecule is CCC(C)C(=O)N1CCN(c2ccc(S(=O)(=O)N(CC)CC)cc2[N+](=O)[O-])CC1. The number of nitrogens with zero attached hydrogens (tertiary/aromatic N) is 4. The lowest BCUT2D eigenvalue weighted by Crippen LogP contribution is -2.50. The molecule has 1 unspecified atom stereocenters. The predicted molar refractivity (Wildman–Crippen MR) is 111 cm³/mol. The fraction of sp³-hybridized carbons (Fsp3) is 0.632. The molecule has 1 aliphatic heterocycles. The third kappa shape index (κ3) is 4.87. The number of anilines is 1. The number of nitro groups is 1. The topological polar surface area (TPSA) is 104 Å². The number of amides is 1. The second kappa shape index (κ2) is 9.53.